The van der Waals surface area contributed by atoms with E-state index in [4.69, 9.17) is 21.5 Å². The average Bonchev–Trinajstić information content (AvgIpc) is 3.14. The van der Waals surface area contributed by atoms with E-state index in [1.165, 1.54) is 12.1 Å². The van der Waals surface area contributed by atoms with Gasteiger partial charge in [-0.3, -0.25) is 9.80 Å². The molecule has 2 aromatic rings. The molecule has 6 atom stereocenters. The highest BCUT2D eigenvalue weighted by molar-refractivity contribution is 7.89. The van der Waals surface area contributed by atoms with Crippen LogP contribution in [0.3, 0.4) is 0 Å². The molecule has 2 heterocycles. The van der Waals surface area contributed by atoms with Gasteiger partial charge in [-0.25, -0.2) is 18.6 Å². The summed E-state index contributed by atoms with van der Waals surface area (Å²) >= 11 is 5.98. The largest absolute Gasteiger partial charge is 0.394 e. The Hall–Kier alpha value is -2.29. The maximum atomic E-state index is 13.9. The van der Waals surface area contributed by atoms with Crippen molar-refractivity contribution in [2.45, 2.75) is 54.9 Å². The molecule has 4 rings (SSSR count). The van der Waals surface area contributed by atoms with Gasteiger partial charge in [-0.1, -0.05) is 29.8 Å². The molecule has 1 amide bonds. The van der Waals surface area contributed by atoms with Crippen molar-refractivity contribution in [3.63, 3.8) is 0 Å². The Bertz CT molecular complexity index is 1230. The van der Waals surface area contributed by atoms with E-state index in [0.717, 1.165) is 16.6 Å². The number of hydrogen-bond acceptors (Lipinski definition) is 9. The molecule has 13 heteroatoms. The van der Waals surface area contributed by atoms with Gasteiger partial charge in [-0.15, -0.1) is 0 Å². The predicted octanol–water partition coefficient (Wildman–Crippen LogP) is -0.404. The van der Waals surface area contributed by atoms with Crippen LogP contribution in [0.2, 0.25) is 5.02 Å². The zero-order chi connectivity index (χ0) is 25.7. The third-order valence-electron chi connectivity index (χ3n) is 6.20. The highest BCUT2D eigenvalue weighted by Gasteiger charge is 2.50. The van der Waals surface area contributed by atoms with Gasteiger partial charge in [-0.2, -0.15) is 0 Å². The predicted molar refractivity (Wildman–Crippen MR) is 125 cm³/mol. The van der Waals surface area contributed by atoms with E-state index in [0.29, 0.717) is 12.1 Å². The number of carbonyl (C=O) groups is 1. The van der Waals surface area contributed by atoms with Crippen LogP contribution in [-0.4, -0.2) is 83.1 Å². The molecule has 2 aromatic carbocycles. The number of carbonyl (C=O) groups excluding carboxylic acids is 1. The SMILES string of the molecule is CC1Cc2ccccc2N1N(C(=O)c1ccc(Cl)c(S(N)(=O)=O)c1)C1O[C@H](CO)[C@@H](O)[C@H](O)[C@H]1O. The number of amides is 1. The maximum Gasteiger partial charge on any atom is 0.274 e. The Morgan fingerprint density at radius 2 is 1.86 bits per heavy atom. The van der Waals surface area contributed by atoms with Gasteiger partial charge < -0.3 is 25.2 Å². The summed E-state index contributed by atoms with van der Waals surface area (Å²) < 4.78 is 29.7. The van der Waals surface area contributed by atoms with Crippen LogP contribution >= 0.6 is 11.6 Å². The molecule has 2 unspecified atom stereocenters. The minimum absolute atomic E-state index is 0.132. The lowest BCUT2D eigenvalue weighted by Crippen LogP contribution is -2.67. The Balaban J connectivity index is 1.85. The number of sulfonamides is 1. The Morgan fingerprint density at radius 1 is 1.17 bits per heavy atom. The van der Waals surface area contributed by atoms with Gasteiger partial charge in [0.1, 0.15) is 29.3 Å². The number of halogens is 1. The molecule has 11 nitrogen and oxygen atoms in total. The second-order valence-corrected chi connectivity index (χ2v) is 10.5. The third kappa shape index (κ3) is 4.63. The Labute approximate surface area is 206 Å². The number of hydrogen-bond donors (Lipinski definition) is 5. The van der Waals surface area contributed by atoms with E-state index in [2.05, 4.69) is 0 Å². The quantitative estimate of drug-likeness (QED) is 0.346. The minimum Gasteiger partial charge on any atom is -0.394 e. The summed E-state index contributed by atoms with van der Waals surface area (Å²) in [7, 11) is -4.26. The molecule has 0 aliphatic carbocycles. The molecule has 6 N–H and O–H groups in total. The van der Waals surface area contributed by atoms with E-state index in [-0.39, 0.29) is 16.6 Å². The van der Waals surface area contributed by atoms with Gasteiger partial charge in [-0.05, 0) is 43.2 Å². The summed E-state index contributed by atoms with van der Waals surface area (Å²) in [5.41, 5.74) is 1.40. The molecule has 0 aromatic heterocycles. The van der Waals surface area contributed by atoms with Crippen LogP contribution in [0.15, 0.2) is 47.4 Å². The van der Waals surface area contributed by atoms with Gasteiger partial charge >= 0.3 is 0 Å². The zero-order valence-electron chi connectivity index (χ0n) is 18.6. The maximum absolute atomic E-state index is 13.9. The van der Waals surface area contributed by atoms with Crippen molar-refractivity contribution in [2.75, 3.05) is 11.6 Å². The molecule has 0 saturated carbocycles. The van der Waals surface area contributed by atoms with Gasteiger partial charge in [0.25, 0.3) is 5.91 Å². The van der Waals surface area contributed by atoms with Crippen LogP contribution in [-0.2, 0) is 21.2 Å². The molecule has 0 radical (unpaired) electrons. The van der Waals surface area contributed by atoms with Gasteiger partial charge in [0.05, 0.1) is 23.4 Å². The number of rotatable bonds is 5. The molecule has 0 spiro atoms. The summed E-state index contributed by atoms with van der Waals surface area (Å²) in [4.78, 5) is 13.4. The number of benzene rings is 2. The van der Waals surface area contributed by atoms with Crippen LogP contribution in [0, 0.1) is 0 Å². The number of aliphatic hydroxyl groups excluding tert-OH is 4. The molecule has 1 fully saturated rings. The van der Waals surface area contributed by atoms with E-state index in [1.807, 2.05) is 19.1 Å². The lowest BCUT2D eigenvalue weighted by molar-refractivity contribution is -0.259. The average molecular weight is 528 g/mol. The van der Waals surface area contributed by atoms with Crippen molar-refractivity contribution in [2.24, 2.45) is 5.14 Å². The number of anilines is 1. The number of ether oxygens (including phenoxy) is 1. The van der Waals surface area contributed by atoms with E-state index in [9.17, 15) is 33.6 Å². The molecule has 35 heavy (non-hydrogen) atoms. The molecular weight excluding hydrogens is 502 g/mol. The first kappa shape index (κ1) is 25.8. The molecule has 1 saturated heterocycles. The monoisotopic (exact) mass is 527 g/mol. The lowest BCUT2D eigenvalue weighted by atomic mass is 9.98. The van der Waals surface area contributed by atoms with Crippen LogP contribution in [0.5, 0.6) is 0 Å². The van der Waals surface area contributed by atoms with Crippen LogP contribution < -0.4 is 10.1 Å². The standard InChI is InChI=1S/C22H26ClN3O8S/c1-11-8-12-4-2-3-5-15(12)25(11)26(22-20(30)19(29)18(28)16(10-27)34-22)21(31)13-6-7-14(23)17(9-13)35(24,32)33/h2-7,9,11,16,18-20,22,27-30H,8,10H2,1H3,(H2,24,32,33)/t11?,16-,18-,19+,20-,22?/m1/s1. The minimum atomic E-state index is -4.26. The molecule has 190 valence electrons. The van der Waals surface area contributed by atoms with Gasteiger partial charge in [0.2, 0.25) is 10.0 Å². The van der Waals surface area contributed by atoms with E-state index in [1.54, 1.807) is 17.1 Å². The van der Waals surface area contributed by atoms with Gasteiger partial charge in [0.15, 0.2) is 6.23 Å². The molecular formula is C22H26ClN3O8S. The summed E-state index contributed by atoms with van der Waals surface area (Å²) in [6.45, 7) is 1.15. The van der Waals surface area contributed by atoms with Crippen LogP contribution in [0.25, 0.3) is 0 Å². The van der Waals surface area contributed by atoms with Crippen molar-refractivity contribution in [1.82, 2.24) is 5.01 Å². The number of primary sulfonamides is 1. The topological polar surface area (TPSA) is 174 Å². The first-order valence-corrected chi connectivity index (χ1v) is 12.7. The van der Waals surface area contributed by atoms with Crippen molar-refractivity contribution in [3.05, 3.63) is 58.6 Å². The summed E-state index contributed by atoms with van der Waals surface area (Å²) in [5.74, 6) is -0.792. The Morgan fingerprint density at radius 3 is 2.51 bits per heavy atom. The number of hydrazine groups is 1. The fourth-order valence-corrected chi connectivity index (χ4v) is 5.56. The van der Waals surface area contributed by atoms with Crippen molar-refractivity contribution < 1.29 is 38.4 Å². The highest BCUT2D eigenvalue weighted by atomic mass is 35.5. The normalized spacial score (nSPS) is 28.6. The second kappa shape index (κ2) is 9.64. The first-order chi connectivity index (χ1) is 16.5. The van der Waals surface area contributed by atoms with E-state index >= 15 is 0 Å². The molecule has 0 bridgehead atoms. The van der Waals surface area contributed by atoms with Crippen molar-refractivity contribution >= 4 is 33.2 Å². The number of fused-ring (bicyclic) bond motifs is 1. The smallest absolute Gasteiger partial charge is 0.274 e. The number of nitrogens with zero attached hydrogens (tertiary/aromatic N) is 2. The van der Waals surface area contributed by atoms with Gasteiger partial charge in [0, 0.05) is 5.56 Å². The lowest BCUT2D eigenvalue weighted by Gasteiger charge is -2.48. The summed E-state index contributed by atoms with van der Waals surface area (Å²) in [5, 5.41) is 48.8. The zero-order valence-corrected chi connectivity index (χ0v) is 20.2. The van der Waals surface area contributed by atoms with Crippen molar-refractivity contribution in [1.29, 1.82) is 0 Å². The first-order valence-electron chi connectivity index (χ1n) is 10.8. The Kier molecular flexibility index (Phi) is 7.10. The van der Waals surface area contributed by atoms with Crippen LogP contribution in [0.4, 0.5) is 5.69 Å². The number of aliphatic hydroxyl groups is 4. The summed E-state index contributed by atoms with van der Waals surface area (Å²) in [6.07, 6.45) is -7.40. The summed E-state index contributed by atoms with van der Waals surface area (Å²) in [6, 6.07) is 10.5. The fourth-order valence-electron chi connectivity index (χ4n) is 4.48. The molecule has 2 aliphatic heterocycles. The number of nitrogens with two attached hydrogens (primary N) is 1. The molecule has 2 aliphatic rings. The fraction of sp³-hybridized carbons (Fsp3) is 0.409. The highest BCUT2D eigenvalue weighted by Crippen LogP contribution is 2.37. The van der Waals surface area contributed by atoms with E-state index < -0.39 is 58.1 Å². The van der Waals surface area contributed by atoms with Crippen molar-refractivity contribution in [3.8, 4) is 0 Å². The third-order valence-corrected chi connectivity index (χ3v) is 7.60. The number of para-hydroxylation sites is 1. The second-order valence-electron chi connectivity index (χ2n) is 8.59. The van der Waals surface area contributed by atoms with Crippen LogP contribution in [0.1, 0.15) is 22.8 Å².